The lowest BCUT2D eigenvalue weighted by molar-refractivity contribution is 0.0940. The van der Waals surface area contributed by atoms with Gasteiger partial charge in [-0.25, -0.2) is 8.42 Å². The molecule has 1 rings (SSSR count). The average molecular weight is 302 g/mol. The lowest BCUT2D eigenvalue weighted by Crippen LogP contribution is -2.32. The van der Waals surface area contributed by atoms with Gasteiger partial charge in [-0.1, -0.05) is 6.08 Å². The minimum atomic E-state index is -3.84. The normalized spacial score (nSPS) is 12.8. The molecule has 0 saturated heterocycles. The Kier molecular flexibility index (Phi) is 5.14. The highest BCUT2D eigenvalue weighted by Crippen LogP contribution is 2.18. The summed E-state index contributed by atoms with van der Waals surface area (Å²) in [4.78, 5) is 11.9. The SMILES string of the molecule is C=CCC(C)NC(=O)c1cc(C)cc(S(=O)(=O)Cl)c1. The zero-order valence-electron chi connectivity index (χ0n) is 10.8. The minimum Gasteiger partial charge on any atom is -0.349 e. The van der Waals surface area contributed by atoms with Crippen LogP contribution in [0.4, 0.5) is 0 Å². The van der Waals surface area contributed by atoms with Crippen LogP contribution in [0.2, 0.25) is 0 Å². The molecule has 0 saturated carbocycles. The third-order valence-electron chi connectivity index (χ3n) is 2.49. The molecular weight excluding hydrogens is 286 g/mol. The van der Waals surface area contributed by atoms with Gasteiger partial charge in [-0.15, -0.1) is 6.58 Å². The molecule has 1 unspecified atom stereocenters. The summed E-state index contributed by atoms with van der Waals surface area (Å²) < 4.78 is 22.6. The zero-order valence-corrected chi connectivity index (χ0v) is 12.4. The minimum absolute atomic E-state index is 0.0680. The second-order valence-corrected chi connectivity index (χ2v) is 6.94. The van der Waals surface area contributed by atoms with E-state index in [0.29, 0.717) is 12.0 Å². The summed E-state index contributed by atoms with van der Waals surface area (Å²) in [7, 11) is 1.45. The molecule has 19 heavy (non-hydrogen) atoms. The van der Waals surface area contributed by atoms with Gasteiger partial charge in [-0.05, 0) is 44.0 Å². The van der Waals surface area contributed by atoms with E-state index in [1.54, 1.807) is 19.1 Å². The Morgan fingerprint density at radius 3 is 2.63 bits per heavy atom. The number of aryl methyl sites for hydroxylation is 1. The van der Waals surface area contributed by atoms with E-state index in [4.69, 9.17) is 10.7 Å². The van der Waals surface area contributed by atoms with E-state index in [1.165, 1.54) is 12.1 Å². The van der Waals surface area contributed by atoms with E-state index in [9.17, 15) is 13.2 Å². The number of nitrogens with one attached hydrogen (secondary N) is 1. The number of hydrogen-bond donors (Lipinski definition) is 1. The van der Waals surface area contributed by atoms with Crippen LogP contribution in [0.3, 0.4) is 0 Å². The summed E-state index contributed by atoms with van der Waals surface area (Å²) in [5, 5.41) is 2.75. The molecule has 1 N–H and O–H groups in total. The van der Waals surface area contributed by atoms with Crippen molar-refractivity contribution in [1.29, 1.82) is 0 Å². The molecule has 0 aliphatic heterocycles. The van der Waals surface area contributed by atoms with Crippen LogP contribution in [-0.4, -0.2) is 20.4 Å². The highest BCUT2D eigenvalue weighted by atomic mass is 35.7. The first-order chi connectivity index (χ1) is 8.74. The molecule has 0 fully saturated rings. The van der Waals surface area contributed by atoms with E-state index in [0.717, 1.165) is 0 Å². The molecule has 0 radical (unpaired) electrons. The second kappa shape index (κ2) is 6.21. The van der Waals surface area contributed by atoms with E-state index in [-0.39, 0.29) is 22.4 Å². The van der Waals surface area contributed by atoms with Crippen molar-refractivity contribution in [1.82, 2.24) is 5.32 Å². The van der Waals surface area contributed by atoms with Crippen LogP contribution < -0.4 is 5.32 Å². The number of carbonyl (C=O) groups is 1. The monoisotopic (exact) mass is 301 g/mol. The van der Waals surface area contributed by atoms with Gasteiger partial charge in [0.25, 0.3) is 15.0 Å². The summed E-state index contributed by atoms with van der Waals surface area (Å²) in [6.45, 7) is 7.14. The molecule has 0 aliphatic rings. The molecule has 0 heterocycles. The lowest BCUT2D eigenvalue weighted by atomic mass is 10.1. The molecule has 4 nitrogen and oxygen atoms in total. The zero-order chi connectivity index (χ0) is 14.6. The van der Waals surface area contributed by atoms with Crippen molar-refractivity contribution in [3.8, 4) is 0 Å². The third-order valence-corrected chi connectivity index (χ3v) is 3.83. The molecule has 0 bridgehead atoms. The smallest absolute Gasteiger partial charge is 0.261 e. The first-order valence-electron chi connectivity index (χ1n) is 5.72. The largest absolute Gasteiger partial charge is 0.349 e. The quantitative estimate of drug-likeness (QED) is 0.671. The first kappa shape index (κ1) is 15.7. The fourth-order valence-corrected chi connectivity index (χ4v) is 2.50. The van der Waals surface area contributed by atoms with Gasteiger partial charge in [-0.2, -0.15) is 0 Å². The topological polar surface area (TPSA) is 63.2 Å². The lowest BCUT2D eigenvalue weighted by Gasteiger charge is -2.12. The van der Waals surface area contributed by atoms with Crippen molar-refractivity contribution in [3.05, 3.63) is 42.0 Å². The summed E-state index contributed by atoms with van der Waals surface area (Å²) in [6.07, 6.45) is 2.34. The molecule has 1 amide bonds. The predicted molar refractivity (Wildman–Crippen MR) is 76.0 cm³/mol. The summed E-state index contributed by atoms with van der Waals surface area (Å²) >= 11 is 0. The molecule has 0 spiro atoms. The van der Waals surface area contributed by atoms with Crippen molar-refractivity contribution >= 4 is 25.6 Å². The van der Waals surface area contributed by atoms with Crippen LogP contribution in [0.5, 0.6) is 0 Å². The molecule has 1 aromatic carbocycles. The Morgan fingerprint density at radius 2 is 2.11 bits per heavy atom. The summed E-state index contributed by atoms with van der Waals surface area (Å²) in [5.74, 6) is -0.334. The number of carbonyl (C=O) groups excluding carboxylic acids is 1. The summed E-state index contributed by atoms with van der Waals surface area (Å²) in [5.41, 5.74) is 0.929. The van der Waals surface area contributed by atoms with Crippen molar-refractivity contribution in [3.63, 3.8) is 0 Å². The fraction of sp³-hybridized carbons (Fsp3) is 0.308. The van der Waals surface area contributed by atoms with E-state index >= 15 is 0 Å². The van der Waals surface area contributed by atoms with Gasteiger partial charge in [0.15, 0.2) is 0 Å². The molecular formula is C13H16ClNO3S. The van der Waals surface area contributed by atoms with Crippen LogP contribution >= 0.6 is 10.7 Å². The average Bonchev–Trinajstić information content (AvgIpc) is 2.27. The standard InChI is InChI=1S/C13H16ClNO3S/c1-4-5-10(3)15-13(16)11-6-9(2)7-12(8-11)19(14,17)18/h4,6-8,10H,1,5H2,2-3H3,(H,15,16). The number of halogens is 1. The van der Waals surface area contributed by atoms with Crippen LogP contribution in [0.1, 0.15) is 29.3 Å². The molecule has 0 aromatic heterocycles. The first-order valence-corrected chi connectivity index (χ1v) is 8.03. The maximum Gasteiger partial charge on any atom is 0.261 e. The van der Waals surface area contributed by atoms with Gasteiger partial charge in [0.1, 0.15) is 0 Å². The van der Waals surface area contributed by atoms with Gasteiger partial charge in [0.2, 0.25) is 0 Å². The molecule has 1 atom stereocenters. The Balaban J connectivity index is 3.04. The van der Waals surface area contributed by atoms with Crippen molar-refractivity contribution in [2.75, 3.05) is 0 Å². The summed E-state index contributed by atoms with van der Waals surface area (Å²) in [6, 6.07) is 4.24. The predicted octanol–water partition coefficient (Wildman–Crippen LogP) is 2.62. The molecule has 6 heteroatoms. The van der Waals surface area contributed by atoms with E-state index < -0.39 is 9.05 Å². The second-order valence-electron chi connectivity index (χ2n) is 4.37. The van der Waals surface area contributed by atoms with Crippen LogP contribution in [0.15, 0.2) is 35.7 Å². The van der Waals surface area contributed by atoms with Gasteiger partial charge >= 0.3 is 0 Å². The van der Waals surface area contributed by atoms with Gasteiger partial charge in [0, 0.05) is 22.3 Å². The Morgan fingerprint density at radius 1 is 1.47 bits per heavy atom. The van der Waals surface area contributed by atoms with Gasteiger partial charge in [-0.3, -0.25) is 4.79 Å². The van der Waals surface area contributed by atoms with E-state index in [2.05, 4.69) is 11.9 Å². The number of benzene rings is 1. The maximum absolute atomic E-state index is 12.0. The van der Waals surface area contributed by atoms with Crippen molar-refractivity contribution in [2.24, 2.45) is 0 Å². The Labute approximate surface area is 117 Å². The van der Waals surface area contributed by atoms with Crippen molar-refractivity contribution in [2.45, 2.75) is 31.2 Å². The highest BCUT2D eigenvalue weighted by Gasteiger charge is 2.15. The number of rotatable bonds is 5. The van der Waals surface area contributed by atoms with Crippen LogP contribution in [-0.2, 0) is 9.05 Å². The van der Waals surface area contributed by atoms with E-state index in [1.807, 2.05) is 6.92 Å². The van der Waals surface area contributed by atoms with Crippen molar-refractivity contribution < 1.29 is 13.2 Å². The fourth-order valence-electron chi connectivity index (χ4n) is 1.64. The van der Waals surface area contributed by atoms with Crippen LogP contribution in [0.25, 0.3) is 0 Å². The number of amides is 1. The molecule has 104 valence electrons. The number of hydrogen-bond acceptors (Lipinski definition) is 3. The third kappa shape index (κ3) is 4.69. The maximum atomic E-state index is 12.0. The van der Waals surface area contributed by atoms with Gasteiger partial charge in [0.05, 0.1) is 4.90 Å². The van der Waals surface area contributed by atoms with Gasteiger partial charge < -0.3 is 5.32 Å². The molecule has 0 aliphatic carbocycles. The molecule has 1 aromatic rings. The van der Waals surface area contributed by atoms with Crippen LogP contribution in [0, 0.1) is 6.92 Å². The highest BCUT2D eigenvalue weighted by molar-refractivity contribution is 8.13. The Hall–Kier alpha value is -1.33. The Bertz CT molecular complexity index is 596.